The van der Waals surface area contributed by atoms with Crippen LogP contribution in [0, 0.1) is 0 Å². The smallest absolute Gasteiger partial charge is 0.267 e. The molecule has 30 heavy (non-hydrogen) atoms. The number of thiazole rings is 1. The van der Waals surface area contributed by atoms with E-state index in [1.807, 2.05) is 47.4 Å². The van der Waals surface area contributed by atoms with Gasteiger partial charge in [-0.25, -0.2) is 4.98 Å². The number of nitrogens with one attached hydrogen (secondary N) is 1. The van der Waals surface area contributed by atoms with Crippen LogP contribution in [0.2, 0.25) is 0 Å². The predicted molar refractivity (Wildman–Crippen MR) is 115 cm³/mol. The number of nitrogens with zero attached hydrogens (tertiary/aromatic N) is 2. The maximum atomic E-state index is 12.9. The SMILES string of the molecule is O=C([C@@H]1COc2ccccc2O1)N1CC[NH+](Cc2csc(-c3ccccc3)n2)CC1. The number of para-hydroxylation sites is 2. The largest absolute Gasteiger partial charge is 0.485 e. The van der Waals surface area contributed by atoms with E-state index in [2.05, 4.69) is 17.5 Å². The van der Waals surface area contributed by atoms with Gasteiger partial charge in [0.1, 0.15) is 23.9 Å². The number of benzene rings is 2. The molecular formula is C23H24N3O3S+. The number of fused-ring (bicyclic) bond motifs is 1. The molecule has 1 saturated heterocycles. The van der Waals surface area contributed by atoms with Gasteiger partial charge in [0, 0.05) is 10.9 Å². The van der Waals surface area contributed by atoms with Gasteiger partial charge in [-0.15, -0.1) is 11.3 Å². The van der Waals surface area contributed by atoms with Gasteiger partial charge in [0.15, 0.2) is 11.5 Å². The fourth-order valence-electron chi connectivity index (χ4n) is 3.92. The molecule has 0 aliphatic carbocycles. The summed E-state index contributed by atoms with van der Waals surface area (Å²) in [5, 5.41) is 3.21. The van der Waals surface area contributed by atoms with Crippen molar-refractivity contribution < 1.29 is 19.2 Å². The third-order valence-electron chi connectivity index (χ3n) is 5.57. The number of carbonyl (C=O) groups excluding carboxylic acids is 1. The topological polar surface area (TPSA) is 56.1 Å². The molecular weight excluding hydrogens is 398 g/mol. The minimum Gasteiger partial charge on any atom is -0.485 e. The van der Waals surface area contributed by atoms with Gasteiger partial charge in [0.05, 0.1) is 26.2 Å². The van der Waals surface area contributed by atoms with E-state index in [9.17, 15) is 4.79 Å². The fourth-order valence-corrected chi connectivity index (χ4v) is 4.75. The summed E-state index contributed by atoms with van der Waals surface area (Å²) in [5.74, 6) is 1.36. The molecule has 2 aromatic carbocycles. The summed E-state index contributed by atoms with van der Waals surface area (Å²) < 4.78 is 11.6. The van der Waals surface area contributed by atoms with E-state index < -0.39 is 6.10 Å². The number of hydrogen-bond donors (Lipinski definition) is 1. The summed E-state index contributed by atoms with van der Waals surface area (Å²) in [7, 11) is 0. The van der Waals surface area contributed by atoms with E-state index in [0.717, 1.165) is 49.0 Å². The van der Waals surface area contributed by atoms with Gasteiger partial charge in [-0.1, -0.05) is 42.5 Å². The van der Waals surface area contributed by atoms with Gasteiger partial charge in [0.2, 0.25) is 6.10 Å². The second kappa shape index (κ2) is 8.45. The fraction of sp³-hybridized carbons (Fsp3) is 0.304. The van der Waals surface area contributed by atoms with E-state index in [4.69, 9.17) is 14.5 Å². The molecule has 3 aromatic rings. The van der Waals surface area contributed by atoms with Gasteiger partial charge in [-0.2, -0.15) is 0 Å². The van der Waals surface area contributed by atoms with Crippen molar-refractivity contribution in [3.05, 3.63) is 65.7 Å². The molecule has 1 aromatic heterocycles. The zero-order chi connectivity index (χ0) is 20.3. The number of hydrogen-bond acceptors (Lipinski definition) is 5. The highest BCUT2D eigenvalue weighted by Crippen LogP contribution is 2.31. The van der Waals surface area contributed by atoms with Crippen LogP contribution in [0.4, 0.5) is 0 Å². The standard InChI is InChI=1S/C23H23N3O3S/c27-23(21-15-28-19-8-4-5-9-20(19)29-21)26-12-10-25(11-13-26)14-18-16-30-22(24-18)17-6-2-1-3-7-17/h1-9,16,21H,10-15H2/p+1/t21-/m0/s1. The molecule has 154 valence electrons. The monoisotopic (exact) mass is 422 g/mol. The zero-order valence-electron chi connectivity index (χ0n) is 16.6. The molecule has 6 nitrogen and oxygen atoms in total. The van der Waals surface area contributed by atoms with Crippen LogP contribution in [0.3, 0.4) is 0 Å². The molecule has 0 radical (unpaired) electrons. The van der Waals surface area contributed by atoms with E-state index in [1.165, 1.54) is 4.90 Å². The third kappa shape index (κ3) is 4.04. The van der Waals surface area contributed by atoms with E-state index in [1.54, 1.807) is 11.3 Å². The number of aromatic nitrogens is 1. The highest BCUT2D eigenvalue weighted by Gasteiger charge is 2.33. The minimum atomic E-state index is -0.562. The van der Waals surface area contributed by atoms with Gasteiger partial charge in [0.25, 0.3) is 5.91 Å². The maximum Gasteiger partial charge on any atom is 0.267 e. The third-order valence-corrected chi connectivity index (χ3v) is 6.51. The van der Waals surface area contributed by atoms with Crippen molar-refractivity contribution in [2.24, 2.45) is 0 Å². The van der Waals surface area contributed by atoms with Crippen LogP contribution in [-0.4, -0.2) is 54.7 Å². The Morgan fingerprint density at radius 3 is 2.60 bits per heavy atom. The molecule has 5 rings (SSSR count). The van der Waals surface area contributed by atoms with Gasteiger partial charge in [-0.05, 0) is 12.1 Å². The Balaban J connectivity index is 1.14. The number of carbonyl (C=O) groups is 1. The lowest BCUT2D eigenvalue weighted by atomic mass is 10.2. The molecule has 2 aliphatic heterocycles. The molecule has 3 heterocycles. The summed E-state index contributed by atoms with van der Waals surface area (Å²) in [4.78, 5) is 21.1. The summed E-state index contributed by atoms with van der Waals surface area (Å²) in [6.07, 6.45) is -0.562. The van der Waals surface area contributed by atoms with Crippen LogP contribution in [0.5, 0.6) is 11.5 Å². The van der Waals surface area contributed by atoms with Crippen molar-refractivity contribution >= 4 is 17.2 Å². The number of amides is 1. The molecule has 2 aliphatic rings. The van der Waals surface area contributed by atoms with Gasteiger partial charge < -0.3 is 19.3 Å². The average Bonchev–Trinajstić information content (AvgIpc) is 3.28. The Hall–Kier alpha value is -2.90. The molecule has 1 amide bonds. The van der Waals surface area contributed by atoms with Crippen LogP contribution >= 0.6 is 11.3 Å². The first kappa shape index (κ1) is 19.1. The van der Waals surface area contributed by atoms with Crippen molar-refractivity contribution in [1.82, 2.24) is 9.88 Å². The first-order valence-corrected chi connectivity index (χ1v) is 11.1. The van der Waals surface area contributed by atoms with Crippen LogP contribution < -0.4 is 14.4 Å². The van der Waals surface area contributed by atoms with Crippen molar-refractivity contribution in [3.8, 4) is 22.1 Å². The Morgan fingerprint density at radius 2 is 1.80 bits per heavy atom. The summed E-state index contributed by atoms with van der Waals surface area (Å²) >= 11 is 1.69. The van der Waals surface area contributed by atoms with Crippen LogP contribution in [0.1, 0.15) is 5.69 Å². The van der Waals surface area contributed by atoms with Crippen molar-refractivity contribution in [1.29, 1.82) is 0 Å². The maximum absolute atomic E-state index is 12.9. The first-order chi connectivity index (χ1) is 14.8. The van der Waals surface area contributed by atoms with Crippen LogP contribution in [0.25, 0.3) is 10.6 Å². The number of piperazine rings is 1. The van der Waals surface area contributed by atoms with Crippen LogP contribution in [-0.2, 0) is 11.3 Å². The second-order valence-corrected chi connectivity index (χ2v) is 8.48. The van der Waals surface area contributed by atoms with Crippen molar-refractivity contribution in [3.63, 3.8) is 0 Å². The van der Waals surface area contributed by atoms with Gasteiger partial charge in [-0.3, -0.25) is 4.79 Å². The van der Waals surface area contributed by atoms with E-state index in [0.29, 0.717) is 11.5 Å². The van der Waals surface area contributed by atoms with Crippen molar-refractivity contribution in [2.75, 3.05) is 32.8 Å². The molecule has 0 spiro atoms. The molecule has 1 fully saturated rings. The number of rotatable bonds is 4. The van der Waals surface area contributed by atoms with E-state index >= 15 is 0 Å². The lowest BCUT2D eigenvalue weighted by molar-refractivity contribution is -0.917. The summed E-state index contributed by atoms with van der Waals surface area (Å²) in [6, 6.07) is 17.8. The highest BCUT2D eigenvalue weighted by atomic mass is 32.1. The lowest BCUT2D eigenvalue weighted by Crippen LogP contribution is -3.13. The second-order valence-electron chi connectivity index (χ2n) is 7.63. The Bertz CT molecular complexity index is 1020. The first-order valence-electron chi connectivity index (χ1n) is 10.3. The van der Waals surface area contributed by atoms with E-state index in [-0.39, 0.29) is 12.5 Å². The highest BCUT2D eigenvalue weighted by molar-refractivity contribution is 7.13. The lowest BCUT2D eigenvalue weighted by Gasteiger charge is -2.35. The predicted octanol–water partition coefficient (Wildman–Crippen LogP) is 1.88. The normalized spacial score (nSPS) is 18.9. The van der Waals surface area contributed by atoms with Crippen molar-refractivity contribution in [2.45, 2.75) is 12.6 Å². The Kier molecular flexibility index (Phi) is 5.38. The molecule has 0 bridgehead atoms. The molecule has 0 unspecified atom stereocenters. The molecule has 7 heteroatoms. The summed E-state index contributed by atoms with van der Waals surface area (Å²) in [5.41, 5.74) is 2.28. The average molecular weight is 423 g/mol. The molecule has 1 N–H and O–H groups in total. The van der Waals surface area contributed by atoms with Gasteiger partial charge >= 0.3 is 0 Å². The molecule has 1 atom stereocenters. The minimum absolute atomic E-state index is 0.0172. The number of quaternary nitrogens is 1. The Morgan fingerprint density at radius 1 is 1.07 bits per heavy atom. The Labute approximate surface area is 179 Å². The number of ether oxygens (including phenoxy) is 2. The molecule has 0 saturated carbocycles. The van der Waals surface area contributed by atoms with Crippen LogP contribution in [0.15, 0.2) is 60.0 Å². The zero-order valence-corrected chi connectivity index (χ0v) is 17.4. The summed E-state index contributed by atoms with van der Waals surface area (Å²) in [6.45, 7) is 4.44. The quantitative estimate of drug-likeness (QED) is 0.698.